The highest BCUT2D eigenvalue weighted by atomic mass is 35.5. The highest BCUT2D eigenvalue weighted by Crippen LogP contribution is 2.48. The fourth-order valence-corrected chi connectivity index (χ4v) is 5.77. The fourth-order valence-electron chi connectivity index (χ4n) is 4.28. The molecule has 1 N–H and O–H groups in total. The van der Waals surface area contributed by atoms with Crippen LogP contribution >= 0.6 is 23.4 Å². The molecule has 11 heteroatoms. The van der Waals surface area contributed by atoms with Gasteiger partial charge in [0.05, 0.1) is 28.9 Å². The van der Waals surface area contributed by atoms with Gasteiger partial charge in [-0.3, -0.25) is 18.6 Å². The number of aryl methyl sites for hydroxylation is 2. The Morgan fingerprint density at radius 1 is 1.23 bits per heavy atom. The molecule has 0 amide bonds. The van der Waals surface area contributed by atoms with E-state index < -0.39 is 5.69 Å². The number of thioether (sulfide) groups is 1. The summed E-state index contributed by atoms with van der Waals surface area (Å²) in [6, 6.07) is 5.27. The zero-order chi connectivity index (χ0) is 22.0. The number of hydrogen-bond donors (Lipinski definition) is 1. The molecule has 1 aliphatic heterocycles. The summed E-state index contributed by atoms with van der Waals surface area (Å²) in [7, 11) is 4.93. The Morgan fingerprint density at radius 3 is 2.61 bits per heavy atom. The lowest BCUT2D eigenvalue weighted by Gasteiger charge is -2.30. The maximum absolute atomic E-state index is 13.3. The van der Waals surface area contributed by atoms with Crippen LogP contribution in [0.5, 0.6) is 0 Å². The van der Waals surface area contributed by atoms with Gasteiger partial charge in [0.1, 0.15) is 16.7 Å². The van der Waals surface area contributed by atoms with Crippen molar-refractivity contribution in [3.05, 3.63) is 61.9 Å². The molecule has 2 unspecified atom stereocenters. The zero-order valence-electron chi connectivity index (χ0n) is 17.1. The first-order chi connectivity index (χ1) is 14.8. The van der Waals surface area contributed by atoms with E-state index in [2.05, 4.69) is 5.10 Å². The molecule has 0 saturated carbocycles. The average Bonchev–Trinajstić information content (AvgIpc) is 3.46. The van der Waals surface area contributed by atoms with E-state index in [-0.39, 0.29) is 27.9 Å². The lowest BCUT2D eigenvalue weighted by atomic mass is 10.2. The van der Waals surface area contributed by atoms with Crippen molar-refractivity contribution >= 4 is 34.3 Å². The van der Waals surface area contributed by atoms with Gasteiger partial charge in [-0.25, -0.2) is 4.79 Å². The number of hydrogen-bond acceptors (Lipinski definition) is 6. The number of aliphatic hydroxyl groups is 1. The predicted molar refractivity (Wildman–Crippen MR) is 119 cm³/mol. The van der Waals surface area contributed by atoms with E-state index in [0.29, 0.717) is 34.6 Å². The Labute approximate surface area is 185 Å². The third-order valence-corrected chi connectivity index (χ3v) is 7.29. The summed E-state index contributed by atoms with van der Waals surface area (Å²) in [5.41, 5.74) is 1.74. The predicted octanol–water partition coefficient (Wildman–Crippen LogP) is 1.88. The van der Waals surface area contributed by atoms with Crippen LogP contribution in [0.1, 0.15) is 16.7 Å². The maximum Gasteiger partial charge on any atom is 0.331 e. The summed E-state index contributed by atoms with van der Waals surface area (Å²) >= 11 is 7.57. The number of aromatic nitrogens is 5. The Morgan fingerprint density at radius 2 is 2.00 bits per heavy atom. The minimum atomic E-state index is -0.413. The van der Waals surface area contributed by atoms with Gasteiger partial charge in [0.2, 0.25) is 0 Å². The summed E-state index contributed by atoms with van der Waals surface area (Å²) in [6.07, 6.45) is 1.80. The van der Waals surface area contributed by atoms with Crippen molar-refractivity contribution in [3.63, 3.8) is 0 Å². The highest BCUT2D eigenvalue weighted by Gasteiger charge is 2.38. The molecule has 0 fully saturated rings. The van der Waals surface area contributed by atoms with Gasteiger partial charge in [-0.1, -0.05) is 0 Å². The van der Waals surface area contributed by atoms with Crippen molar-refractivity contribution in [2.45, 2.75) is 17.0 Å². The monoisotopic (exact) mass is 461 g/mol. The van der Waals surface area contributed by atoms with Crippen LogP contribution < -0.4 is 11.2 Å². The van der Waals surface area contributed by atoms with Crippen LogP contribution in [0.25, 0.3) is 22.3 Å². The summed E-state index contributed by atoms with van der Waals surface area (Å²) in [5.74, 6) is 0.592. The summed E-state index contributed by atoms with van der Waals surface area (Å²) in [6.45, 7) is 0.404. The first-order valence-corrected chi connectivity index (χ1v) is 11.0. The molecule has 5 heterocycles. The van der Waals surface area contributed by atoms with Gasteiger partial charge in [-0.15, -0.1) is 11.8 Å². The molecular formula is C20H20ClN5O4S. The van der Waals surface area contributed by atoms with Gasteiger partial charge in [0.15, 0.2) is 5.22 Å². The van der Waals surface area contributed by atoms with Gasteiger partial charge in [-0.05, 0) is 29.8 Å². The zero-order valence-corrected chi connectivity index (χ0v) is 18.6. The molecular weight excluding hydrogens is 442 g/mol. The van der Waals surface area contributed by atoms with Crippen molar-refractivity contribution in [2.24, 2.45) is 21.1 Å². The van der Waals surface area contributed by atoms with E-state index in [1.165, 1.54) is 23.4 Å². The number of rotatable bonds is 3. The number of nitrogens with zero attached hydrogens (tertiary/aromatic N) is 5. The second kappa shape index (κ2) is 7.18. The molecule has 31 heavy (non-hydrogen) atoms. The molecule has 9 nitrogen and oxygen atoms in total. The van der Waals surface area contributed by atoms with Crippen LogP contribution in [0.4, 0.5) is 0 Å². The van der Waals surface area contributed by atoms with Crippen LogP contribution in [-0.4, -0.2) is 40.4 Å². The van der Waals surface area contributed by atoms with E-state index in [9.17, 15) is 14.7 Å². The molecule has 5 rings (SSSR count). The molecule has 4 aromatic rings. The molecule has 4 aromatic heterocycles. The van der Waals surface area contributed by atoms with Crippen molar-refractivity contribution in [1.82, 2.24) is 23.5 Å². The Balaban J connectivity index is 1.96. The van der Waals surface area contributed by atoms with Crippen LogP contribution in [0.3, 0.4) is 0 Å². The largest absolute Gasteiger partial charge is 0.448 e. The average molecular weight is 462 g/mol. The summed E-state index contributed by atoms with van der Waals surface area (Å²) in [5, 5.41) is 14.7. The Kier molecular flexibility index (Phi) is 4.68. The maximum atomic E-state index is 13.3. The molecule has 0 aliphatic carbocycles. The summed E-state index contributed by atoms with van der Waals surface area (Å²) < 4.78 is 12.0. The van der Waals surface area contributed by atoms with E-state index in [4.69, 9.17) is 16.0 Å². The third kappa shape index (κ3) is 2.93. The van der Waals surface area contributed by atoms with Crippen molar-refractivity contribution in [1.29, 1.82) is 0 Å². The lowest BCUT2D eigenvalue weighted by molar-refractivity contribution is 0.283. The first-order valence-electron chi connectivity index (χ1n) is 9.65. The molecule has 0 saturated heterocycles. The van der Waals surface area contributed by atoms with E-state index in [1.54, 1.807) is 37.1 Å². The van der Waals surface area contributed by atoms with Crippen LogP contribution in [0.2, 0.25) is 5.22 Å². The van der Waals surface area contributed by atoms with E-state index in [1.807, 2.05) is 10.6 Å². The summed E-state index contributed by atoms with van der Waals surface area (Å²) in [4.78, 5) is 26.1. The van der Waals surface area contributed by atoms with Gasteiger partial charge in [0.25, 0.3) is 5.56 Å². The molecule has 2 atom stereocenters. The standard InChI is InChI=1S/C20H20ClN5O4S/c1-23-7-6-11(22-23)15-14-16(24(2)20(29)25(3)19(14)28)17-18(12-4-5-13(21)30-12)31-10(9-27)8-26(15)17/h4-7,10,18,27H,8-9H2,1-3H3. The second-order valence-electron chi connectivity index (χ2n) is 7.61. The minimum Gasteiger partial charge on any atom is -0.448 e. The molecule has 0 bridgehead atoms. The second-order valence-corrected chi connectivity index (χ2v) is 9.39. The van der Waals surface area contributed by atoms with Gasteiger partial charge in [0, 0.05) is 39.1 Å². The van der Waals surface area contributed by atoms with Crippen LogP contribution in [-0.2, 0) is 27.7 Å². The molecule has 0 spiro atoms. The Bertz CT molecular complexity index is 1440. The molecule has 0 radical (unpaired) electrons. The van der Waals surface area contributed by atoms with E-state index in [0.717, 1.165) is 10.3 Å². The van der Waals surface area contributed by atoms with Gasteiger partial charge < -0.3 is 14.1 Å². The van der Waals surface area contributed by atoms with Crippen molar-refractivity contribution in [3.8, 4) is 11.4 Å². The Hall–Kier alpha value is -2.69. The SMILES string of the molecule is Cn1ccc(-c2c3c(=O)n(C)c(=O)n(C)c3c3n2CC(CO)SC3c2ccc(Cl)o2)n1. The number of halogens is 1. The van der Waals surface area contributed by atoms with Crippen LogP contribution in [0, 0.1) is 0 Å². The topological polar surface area (TPSA) is 100 Å². The van der Waals surface area contributed by atoms with Crippen molar-refractivity contribution in [2.75, 3.05) is 6.61 Å². The van der Waals surface area contributed by atoms with Gasteiger partial charge in [-0.2, -0.15) is 5.10 Å². The van der Waals surface area contributed by atoms with Crippen molar-refractivity contribution < 1.29 is 9.52 Å². The first kappa shape index (κ1) is 20.2. The number of aliphatic hydroxyl groups excluding tert-OH is 1. The normalized spacial score (nSPS) is 18.6. The minimum absolute atomic E-state index is 0.0534. The lowest BCUT2D eigenvalue weighted by Crippen LogP contribution is -2.37. The fraction of sp³-hybridized carbons (Fsp3) is 0.350. The van der Waals surface area contributed by atoms with E-state index >= 15 is 0 Å². The number of fused-ring (bicyclic) bond motifs is 3. The molecule has 162 valence electrons. The quantitative estimate of drug-likeness (QED) is 0.500. The smallest absolute Gasteiger partial charge is 0.331 e. The van der Waals surface area contributed by atoms with Crippen LogP contribution in [0.15, 0.2) is 38.4 Å². The molecule has 1 aliphatic rings. The van der Waals surface area contributed by atoms with Gasteiger partial charge >= 0.3 is 5.69 Å². The highest BCUT2D eigenvalue weighted by molar-refractivity contribution is 8.00. The number of furan rings is 1. The molecule has 0 aromatic carbocycles. The third-order valence-electron chi connectivity index (χ3n) is 5.68.